The smallest absolute Gasteiger partial charge is 0.144 e. The Kier molecular flexibility index (Phi) is 3.01. The Balaban J connectivity index is 2.00. The summed E-state index contributed by atoms with van der Waals surface area (Å²) in [6, 6.07) is 9.53. The predicted molar refractivity (Wildman–Crippen MR) is 73.3 cm³/mol. The molecular weight excluding hydrogens is 256 g/mol. The van der Waals surface area contributed by atoms with E-state index in [0.29, 0.717) is 5.56 Å². The van der Waals surface area contributed by atoms with E-state index in [1.807, 2.05) is 23.6 Å². The molecule has 2 heterocycles. The first-order valence-corrected chi connectivity index (χ1v) is 6.47. The molecule has 0 bridgehead atoms. The van der Waals surface area contributed by atoms with Crippen LogP contribution in [0.3, 0.4) is 0 Å². The van der Waals surface area contributed by atoms with E-state index >= 15 is 0 Å². The van der Waals surface area contributed by atoms with Crippen LogP contribution < -0.4 is 0 Å². The first kappa shape index (κ1) is 11.5. The third-order valence-corrected chi connectivity index (χ3v) is 3.44. The molecule has 3 rings (SSSR count). The monoisotopic (exact) mass is 264 g/mol. The van der Waals surface area contributed by atoms with E-state index in [2.05, 4.69) is 21.0 Å². The van der Waals surface area contributed by atoms with Crippen LogP contribution in [-0.2, 0) is 0 Å². The maximum atomic E-state index is 8.91. The summed E-state index contributed by atoms with van der Waals surface area (Å²) in [4.78, 5) is 12.8. The molecule has 4 nitrogen and oxygen atoms in total. The molecule has 0 unspecified atom stereocenters. The van der Waals surface area contributed by atoms with E-state index in [0.717, 1.165) is 22.0 Å². The van der Waals surface area contributed by atoms with Crippen molar-refractivity contribution in [1.82, 2.24) is 15.0 Å². The highest BCUT2D eigenvalue weighted by atomic mass is 32.1. The van der Waals surface area contributed by atoms with Crippen LogP contribution >= 0.6 is 11.3 Å². The molecule has 0 fully saturated rings. The van der Waals surface area contributed by atoms with Crippen molar-refractivity contribution in [2.24, 2.45) is 0 Å². The maximum Gasteiger partial charge on any atom is 0.144 e. The molecule has 2 aromatic heterocycles. The summed E-state index contributed by atoms with van der Waals surface area (Å²) in [7, 11) is 0. The van der Waals surface area contributed by atoms with Crippen molar-refractivity contribution < 1.29 is 0 Å². The molecule has 0 aliphatic heterocycles. The SMILES string of the molecule is N#Cc1cccc(-c2csc(-c3cnccn3)n2)c1. The van der Waals surface area contributed by atoms with Crippen molar-refractivity contribution >= 4 is 11.3 Å². The second-order valence-corrected chi connectivity index (χ2v) is 4.68. The van der Waals surface area contributed by atoms with Crippen molar-refractivity contribution in [2.45, 2.75) is 0 Å². The van der Waals surface area contributed by atoms with Gasteiger partial charge in [0, 0.05) is 23.3 Å². The quantitative estimate of drug-likeness (QED) is 0.713. The van der Waals surface area contributed by atoms with E-state index < -0.39 is 0 Å². The molecule has 0 amide bonds. The van der Waals surface area contributed by atoms with Crippen LogP contribution in [-0.4, -0.2) is 15.0 Å². The molecule has 0 aliphatic rings. The summed E-state index contributed by atoms with van der Waals surface area (Å²) in [5.74, 6) is 0. The molecule has 5 heteroatoms. The Morgan fingerprint density at radius 2 is 2.11 bits per heavy atom. The fraction of sp³-hybridized carbons (Fsp3) is 0. The van der Waals surface area contributed by atoms with E-state index in [1.165, 1.54) is 11.3 Å². The zero-order chi connectivity index (χ0) is 13.1. The third-order valence-electron chi connectivity index (χ3n) is 2.57. The van der Waals surface area contributed by atoms with Gasteiger partial charge in [0.15, 0.2) is 0 Å². The lowest BCUT2D eigenvalue weighted by Crippen LogP contribution is -1.84. The number of nitrogens with zero attached hydrogens (tertiary/aromatic N) is 4. The van der Waals surface area contributed by atoms with Crippen LogP contribution in [0.1, 0.15) is 5.56 Å². The van der Waals surface area contributed by atoms with Crippen molar-refractivity contribution in [2.75, 3.05) is 0 Å². The molecule has 90 valence electrons. The highest BCUT2D eigenvalue weighted by molar-refractivity contribution is 7.13. The van der Waals surface area contributed by atoms with Gasteiger partial charge in [-0.3, -0.25) is 9.97 Å². The number of hydrogen-bond acceptors (Lipinski definition) is 5. The molecule has 0 radical (unpaired) electrons. The molecule has 19 heavy (non-hydrogen) atoms. The van der Waals surface area contributed by atoms with Gasteiger partial charge < -0.3 is 0 Å². The number of rotatable bonds is 2. The minimum Gasteiger partial charge on any atom is -0.261 e. The van der Waals surface area contributed by atoms with Crippen LogP contribution in [0.15, 0.2) is 48.2 Å². The Morgan fingerprint density at radius 1 is 1.16 bits per heavy atom. The fourth-order valence-corrected chi connectivity index (χ4v) is 2.47. The first-order valence-electron chi connectivity index (χ1n) is 5.59. The molecule has 0 saturated heterocycles. The van der Waals surface area contributed by atoms with Crippen LogP contribution in [0.2, 0.25) is 0 Å². The summed E-state index contributed by atoms with van der Waals surface area (Å²) in [5.41, 5.74) is 3.18. The van der Waals surface area contributed by atoms with E-state index in [4.69, 9.17) is 5.26 Å². The largest absolute Gasteiger partial charge is 0.261 e. The van der Waals surface area contributed by atoms with Gasteiger partial charge in [0.2, 0.25) is 0 Å². The molecule has 0 N–H and O–H groups in total. The fourth-order valence-electron chi connectivity index (χ4n) is 1.68. The minimum absolute atomic E-state index is 0.631. The second-order valence-electron chi connectivity index (χ2n) is 3.82. The summed E-state index contributed by atoms with van der Waals surface area (Å²) >= 11 is 1.51. The molecule has 0 spiro atoms. The molecule has 1 aromatic carbocycles. The lowest BCUT2D eigenvalue weighted by molar-refractivity contribution is 1.19. The zero-order valence-corrected chi connectivity index (χ0v) is 10.6. The molecular formula is C14H8N4S. The summed E-state index contributed by atoms with van der Waals surface area (Å²) in [6.07, 6.45) is 4.97. The number of thiazole rings is 1. The summed E-state index contributed by atoms with van der Waals surface area (Å²) < 4.78 is 0. The van der Waals surface area contributed by atoms with E-state index in [1.54, 1.807) is 24.7 Å². The highest BCUT2D eigenvalue weighted by Gasteiger charge is 2.08. The van der Waals surface area contributed by atoms with Gasteiger partial charge in [-0.15, -0.1) is 11.3 Å². The van der Waals surface area contributed by atoms with Gasteiger partial charge in [-0.25, -0.2) is 4.98 Å². The number of benzene rings is 1. The highest BCUT2D eigenvalue weighted by Crippen LogP contribution is 2.27. The van der Waals surface area contributed by atoms with Gasteiger partial charge in [0.25, 0.3) is 0 Å². The predicted octanol–water partition coefficient (Wildman–Crippen LogP) is 3.14. The Hall–Kier alpha value is -2.58. The molecule has 0 atom stereocenters. The van der Waals surface area contributed by atoms with Crippen LogP contribution in [0, 0.1) is 11.3 Å². The molecule has 0 aliphatic carbocycles. The summed E-state index contributed by atoms with van der Waals surface area (Å²) in [6.45, 7) is 0. The lowest BCUT2D eigenvalue weighted by atomic mass is 10.1. The number of nitriles is 1. The molecule has 3 aromatic rings. The van der Waals surface area contributed by atoms with Crippen molar-refractivity contribution in [3.63, 3.8) is 0 Å². The Morgan fingerprint density at radius 3 is 2.89 bits per heavy atom. The Bertz CT molecular complexity index is 743. The van der Waals surface area contributed by atoms with E-state index in [9.17, 15) is 0 Å². The van der Waals surface area contributed by atoms with Gasteiger partial charge in [-0.05, 0) is 12.1 Å². The second kappa shape index (κ2) is 4.96. The lowest BCUT2D eigenvalue weighted by Gasteiger charge is -1.96. The van der Waals surface area contributed by atoms with Crippen LogP contribution in [0.4, 0.5) is 0 Å². The van der Waals surface area contributed by atoms with Gasteiger partial charge in [0.05, 0.1) is 23.5 Å². The normalized spacial score (nSPS) is 10.1. The minimum atomic E-state index is 0.631. The van der Waals surface area contributed by atoms with Crippen LogP contribution in [0.5, 0.6) is 0 Å². The molecule has 0 saturated carbocycles. The number of aromatic nitrogens is 3. The zero-order valence-electron chi connectivity index (χ0n) is 9.82. The van der Waals surface area contributed by atoms with Crippen molar-refractivity contribution in [3.8, 4) is 28.0 Å². The average molecular weight is 264 g/mol. The van der Waals surface area contributed by atoms with Gasteiger partial charge in [-0.2, -0.15) is 5.26 Å². The van der Waals surface area contributed by atoms with Crippen molar-refractivity contribution in [1.29, 1.82) is 5.26 Å². The van der Waals surface area contributed by atoms with Crippen molar-refractivity contribution in [3.05, 3.63) is 53.8 Å². The number of hydrogen-bond donors (Lipinski definition) is 0. The maximum absolute atomic E-state index is 8.91. The van der Waals surface area contributed by atoms with Gasteiger partial charge >= 0.3 is 0 Å². The van der Waals surface area contributed by atoms with Crippen LogP contribution in [0.25, 0.3) is 22.0 Å². The first-order chi connectivity index (χ1) is 9.36. The third kappa shape index (κ3) is 2.34. The average Bonchev–Trinajstić information content (AvgIpc) is 2.98. The van der Waals surface area contributed by atoms with Gasteiger partial charge in [0.1, 0.15) is 10.7 Å². The standard InChI is InChI=1S/C14H8N4S/c15-7-10-2-1-3-11(6-10)13-9-19-14(18-13)12-8-16-4-5-17-12/h1-6,8-9H. The summed E-state index contributed by atoms with van der Waals surface area (Å²) in [5, 5.41) is 11.7. The van der Waals surface area contributed by atoms with Gasteiger partial charge in [-0.1, -0.05) is 12.1 Å². The van der Waals surface area contributed by atoms with E-state index in [-0.39, 0.29) is 0 Å². The topological polar surface area (TPSA) is 62.5 Å². The Labute approximate surface area is 114 Å².